The van der Waals surface area contributed by atoms with E-state index in [1.165, 1.54) is 12.1 Å². The second kappa shape index (κ2) is 6.96. The quantitative estimate of drug-likeness (QED) is 0.766. The van der Waals surface area contributed by atoms with E-state index in [0.717, 1.165) is 16.8 Å². The Morgan fingerprint density at radius 1 is 0.818 bits per heavy atom. The summed E-state index contributed by atoms with van der Waals surface area (Å²) in [5, 5.41) is 3.50. The maximum atomic E-state index is 13.2. The van der Waals surface area contributed by atoms with E-state index in [-0.39, 0.29) is 11.9 Å². The molecule has 1 aromatic heterocycles. The minimum Gasteiger partial charge on any atom is -0.301 e. The molecule has 1 N–H and O–H groups in total. The molecule has 1 unspecified atom stereocenters. The van der Waals surface area contributed by atoms with E-state index in [4.69, 9.17) is 0 Å². The van der Waals surface area contributed by atoms with E-state index in [9.17, 15) is 4.39 Å². The number of pyridine rings is 1. The highest BCUT2D eigenvalue weighted by Gasteiger charge is 2.13. The van der Waals surface area contributed by atoms with Crippen molar-refractivity contribution in [2.75, 3.05) is 0 Å². The topological polar surface area (TPSA) is 24.9 Å². The van der Waals surface area contributed by atoms with Gasteiger partial charge in [0.1, 0.15) is 5.82 Å². The summed E-state index contributed by atoms with van der Waals surface area (Å²) in [6.45, 7) is 0.651. The molecule has 3 heteroatoms. The van der Waals surface area contributed by atoms with Crippen molar-refractivity contribution in [3.8, 4) is 0 Å². The third-order valence-electron chi connectivity index (χ3n) is 3.55. The lowest BCUT2D eigenvalue weighted by molar-refractivity contribution is 0.591. The second-order valence-electron chi connectivity index (χ2n) is 5.10. The maximum Gasteiger partial charge on any atom is 0.123 e. The molecule has 1 atom stereocenters. The minimum atomic E-state index is -0.222. The van der Waals surface area contributed by atoms with Crippen LogP contribution < -0.4 is 5.32 Å². The lowest BCUT2D eigenvalue weighted by Gasteiger charge is -2.19. The largest absolute Gasteiger partial charge is 0.301 e. The minimum absolute atomic E-state index is 0.00352. The second-order valence-corrected chi connectivity index (χ2v) is 5.10. The fourth-order valence-electron chi connectivity index (χ4n) is 2.44. The van der Waals surface area contributed by atoms with Crippen molar-refractivity contribution in [3.05, 3.63) is 102 Å². The van der Waals surface area contributed by atoms with Gasteiger partial charge in [-0.2, -0.15) is 0 Å². The average Bonchev–Trinajstić information content (AvgIpc) is 2.58. The summed E-state index contributed by atoms with van der Waals surface area (Å²) in [6, 6.07) is 22.6. The fraction of sp³-hybridized carbons (Fsp3) is 0.105. The number of hydrogen-bond acceptors (Lipinski definition) is 2. The molecule has 0 radical (unpaired) electrons. The molecule has 0 saturated carbocycles. The molecule has 3 rings (SSSR count). The molecule has 0 aliphatic heterocycles. The average molecular weight is 292 g/mol. The Hall–Kier alpha value is -2.52. The first-order chi connectivity index (χ1) is 10.8. The van der Waals surface area contributed by atoms with Crippen LogP contribution in [-0.2, 0) is 6.54 Å². The van der Waals surface area contributed by atoms with Crippen molar-refractivity contribution in [2.45, 2.75) is 12.6 Å². The van der Waals surface area contributed by atoms with Crippen LogP contribution in [-0.4, -0.2) is 4.98 Å². The van der Waals surface area contributed by atoms with Gasteiger partial charge >= 0.3 is 0 Å². The van der Waals surface area contributed by atoms with Crippen LogP contribution in [0.5, 0.6) is 0 Å². The van der Waals surface area contributed by atoms with Gasteiger partial charge in [-0.15, -0.1) is 0 Å². The van der Waals surface area contributed by atoms with Gasteiger partial charge < -0.3 is 5.32 Å². The van der Waals surface area contributed by atoms with Crippen molar-refractivity contribution < 1.29 is 4.39 Å². The molecule has 0 saturated heterocycles. The van der Waals surface area contributed by atoms with Gasteiger partial charge in [0.2, 0.25) is 0 Å². The van der Waals surface area contributed by atoms with Crippen LogP contribution in [0.1, 0.15) is 22.9 Å². The van der Waals surface area contributed by atoms with Crippen molar-refractivity contribution in [3.63, 3.8) is 0 Å². The van der Waals surface area contributed by atoms with Crippen LogP contribution in [0.15, 0.2) is 79.0 Å². The number of aromatic nitrogens is 1. The summed E-state index contributed by atoms with van der Waals surface area (Å²) in [7, 11) is 0. The summed E-state index contributed by atoms with van der Waals surface area (Å²) < 4.78 is 13.2. The molecule has 0 bridgehead atoms. The Kier molecular flexibility index (Phi) is 4.56. The van der Waals surface area contributed by atoms with Gasteiger partial charge in [0, 0.05) is 12.7 Å². The summed E-state index contributed by atoms with van der Waals surface area (Å²) in [4.78, 5) is 4.33. The van der Waals surface area contributed by atoms with Crippen molar-refractivity contribution in [1.29, 1.82) is 0 Å². The van der Waals surface area contributed by atoms with Crippen molar-refractivity contribution in [2.24, 2.45) is 0 Å². The van der Waals surface area contributed by atoms with Crippen LogP contribution in [0, 0.1) is 5.82 Å². The van der Waals surface area contributed by atoms with Gasteiger partial charge in [-0.25, -0.2) is 4.39 Å². The number of hydrogen-bond donors (Lipinski definition) is 1. The first-order valence-electron chi connectivity index (χ1n) is 7.26. The molecule has 2 aromatic carbocycles. The van der Waals surface area contributed by atoms with Gasteiger partial charge in [0.05, 0.1) is 11.7 Å². The van der Waals surface area contributed by atoms with E-state index in [1.807, 2.05) is 48.5 Å². The number of rotatable bonds is 5. The van der Waals surface area contributed by atoms with Gasteiger partial charge in [0.25, 0.3) is 0 Å². The summed E-state index contributed by atoms with van der Waals surface area (Å²) >= 11 is 0. The number of benzene rings is 2. The molecule has 2 nitrogen and oxygen atoms in total. The zero-order valence-corrected chi connectivity index (χ0v) is 12.1. The van der Waals surface area contributed by atoms with Gasteiger partial charge in [-0.3, -0.25) is 4.98 Å². The molecule has 0 fully saturated rings. The molecule has 22 heavy (non-hydrogen) atoms. The smallest absolute Gasteiger partial charge is 0.123 e. The molecule has 1 heterocycles. The molecule has 110 valence electrons. The predicted octanol–water partition coefficient (Wildman–Crippen LogP) is 4.10. The molecule has 3 aromatic rings. The highest BCUT2D eigenvalue weighted by atomic mass is 19.1. The lowest BCUT2D eigenvalue weighted by atomic mass is 9.98. The first-order valence-corrected chi connectivity index (χ1v) is 7.26. The third-order valence-corrected chi connectivity index (χ3v) is 3.55. The van der Waals surface area contributed by atoms with E-state index >= 15 is 0 Å². The molecule has 0 amide bonds. The zero-order chi connectivity index (χ0) is 15.2. The normalized spacial score (nSPS) is 12.0. The first kappa shape index (κ1) is 14.4. The van der Waals surface area contributed by atoms with Gasteiger partial charge in [0.15, 0.2) is 0 Å². The highest BCUT2D eigenvalue weighted by Crippen LogP contribution is 2.22. The third kappa shape index (κ3) is 3.57. The van der Waals surface area contributed by atoms with E-state index in [2.05, 4.69) is 22.4 Å². The zero-order valence-electron chi connectivity index (χ0n) is 12.1. The van der Waals surface area contributed by atoms with E-state index in [1.54, 1.807) is 6.20 Å². The van der Waals surface area contributed by atoms with Gasteiger partial charge in [-0.1, -0.05) is 48.5 Å². The molecule has 0 spiro atoms. The Bertz CT molecular complexity index is 697. The molecular formula is C19H17FN2. The maximum absolute atomic E-state index is 13.2. The lowest BCUT2D eigenvalue weighted by Crippen LogP contribution is -2.22. The Labute approximate surface area is 129 Å². The monoisotopic (exact) mass is 292 g/mol. The Morgan fingerprint density at radius 3 is 2.18 bits per heavy atom. The summed E-state index contributed by atoms with van der Waals surface area (Å²) in [5.41, 5.74) is 3.15. The number of halogens is 1. The molecular weight excluding hydrogens is 275 g/mol. The summed E-state index contributed by atoms with van der Waals surface area (Å²) in [5.74, 6) is -0.222. The number of nitrogens with zero attached hydrogens (tertiary/aromatic N) is 1. The van der Waals surface area contributed by atoms with Crippen LogP contribution in [0.25, 0.3) is 0 Å². The Morgan fingerprint density at radius 2 is 1.50 bits per heavy atom. The van der Waals surface area contributed by atoms with E-state index < -0.39 is 0 Å². The van der Waals surface area contributed by atoms with Crippen LogP contribution in [0.4, 0.5) is 4.39 Å². The van der Waals surface area contributed by atoms with E-state index in [0.29, 0.717) is 6.54 Å². The number of nitrogens with one attached hydrogen (secondary N) is 1. The fourth-order valence-corrected chi connectivity index (χ4v) is 2.44. The molecule has 0 aliphatic carbocycles. The van der Waals surface area contributed by atoms with Crippen molar-refractivity contribution in [1.82, 2.24) is 10.3 Å². The van der Waals surface area contributed by atoms with Crippen LogP contribution in [0.3, 0.4) is 0 Å². The van der Waals surface area contributed by atoms with Crippen LogP contribution >= 0.6 is 0 Å². The SMILES string of the molecule is Fc1ccc(C(NCc2ccccn2)c2ccccc2)cc1. The molecule has 0 aliphatic rings. The van der Waals surface area contributed by atoms with Gasteiger partial charge in [-0.05, 0) is 35.4 Å². The van der Waals surface area contributed by atoms with Crippen LogP contribution in [0.2, 0.25) is 0 Å². The predicted molar refractivity (Wildman–Crippen MR) is 85.8 cm³/mol. The van der Waals surface area contributed by atoms with Crippen molar-refractivity contribution >= 4 is 0 Å². The highest BCUT2D eigenvalue weighted by molar-refractivity contribution is 5.32. The standard InChI is InChI=1S/C19H17FN2/c20-17-11-9-16(10-12-17)19(15-6-2-1-3-7-15)22-14-18-8-4-5-13-21-18/h1-13,19,22H,14H2. The Balaban J connectivity index is 1.85. The summed E-state index contributed by atoms with van der Waals surface area (Å²) in [6.07, 6.45) is 1.78.